The van der Waals surface area contributed by atoms with Gasteiger partial charge in [-0.3, -0.25) is 9.59 Å². The zero-order chi connectivity index (χ0) is 17.4. The van der Waals surface area contributed by atoms with Crippen LogP contribution in [-0.2, 0) is 4.79 Å². The largest absolute Gasteiger partial charge is 0.392 e. The Bertz CT molecular complexity index is 523. The van der Waals surface area contributed by atoms with Gasteiger partial charge in [0.25, 0.3) is 0 Å². The molecule has 0 bridgehead atoms. The Hall–Kier alpha value is -1.48. The van der Waals surface area contributed by atoms with Crippen LogP contribution in [0.2, 0.25) is 0 Å². The van der Waals surface area contributed by atoms with Gasteiger partial charge < -0.3 is 5.11 Å². The predicted molar refractivity (Wildman–Crippen MR) is 96.0 cm³/mol. The zero-order valence-electron chi connectivity index (χ0n) is 14.7. The van der Waals surface area contributed by atoms with Gasteiger partial charge in [-0.05, 0) is 19.3 Å². The fourth-order valence-corrected chi connectivity index (χ4v) is 3.76. The first-order valence-corrected chi connectivity index (χ1v) is 9.45. The summed E-state index contributed by atoms with van der Waals surface area (Å²) in [6, 6.07) is 9.04. The molecule has 1 aliphatic carbocycles. The number of hydrogen-bond donors (Lipinski definition) is 1. The maximum atomic E-state index is 12.7. The van der Waals surface area contributed by atoms with Crippen LogP contribution in [0, 0.1) is 11.8 Å². The minimum absolute atomic E-state index is 0.0816. The first kappa shape index (κ1) is 18.9. The number of benzene rings is 1. The van der Waals surface area contributed by atoms with Crippen molar-refractivity contribution in [2.75, 3.05) is 0 Å². The van der Waals surface area contributed by atoms with Crippen molar-refractivity contribution < 1.29 is 14.7 Å². The number of ketones is 2. The van der Waals surface area contributed by atoms with Crippen molar-refractivity contribution in [1.29, 1.82) is 0 Å². The van der Waals surface area contributed by atoms with Crippen LogP contribution in [-0.4, -0.2) is 22.8 Å². The van der Waals surface area contributed by atoms with Gasteiger partial charge in [-0.25, -0.2) is 0 Å². The summed E-state index contributed by atoms with van der Waals surface area (Å²) in [6.07, 6.45) is 7.94. The van der Waals surface area contributed by atoms with Crippen molar-refractivity contribution >= 4 is 11.6 Å². The van der Waals surface area contributed by atoms with E-state index in [-0.39, 0.29) is 17.5 Å². The van der Waals surface area contributed by atoms with Gasteiger partial charge >= 0.3 is 0 Å². The molecule has 0 radical (unpaired) electrons. The summed E-state index contributed by atoms with van der Waals surface area (Å²) in [5, 5.41) is 10.2. The lowest BCUT2D eigenvalue weighted by Crippen LogP contribution is -2.32. The third-order valence-electron chi connectivity index (χ3n) is 5.17. The molecule has 1 fully saturated rings. The molecule has 0 amide bonds. The second-order valence-electron chi connectivity index (χ2n) is 6.99. The lowest BCUT2D eigenvalue weighted by molar-refractivity contribution is -0.124. The molecule has 0 heterocycles. The van der Waals surface area contributed by atoms with Crippen LogP contribution in [0.25, 0.3) is 0 Å². The minimum atomic E-state index is -0.684. The smallest absolute Gasteiger partial charge is 0.169 e. The van der Waals surface area contributed by atoms with Crippen LogP contribution in [0.1, 0.15) is 75.1 Å². The van der Waals surface area contributed by atoms with E-state index in [4.69, 9.17) is 0 Å². The van der Waals surface area contributed by atoms with E-state index in [0.29, 0.717) is 24.8 Å². The molecule has 0 saturated heterocycles. The highest BCUT2D eigenvalue weighted by Crippen LogP contribution is 2.36. The first-order chi connectivity index (χ1) is 11.6. The third kappa shape index (κ3) is 5.01. The number of rotatable bonds is 10. The van der Waals surface area contributed by atoms with Gasteiger partial charge in [0, 0.05) is 17.9 Å². The van der Waals surface area contributed by atoms with E-state index in [1.807, 2.05) is 18.2 Å². The first-order valence-electron chi connectivity index (χ1n) is 9.45. The Morgan fingerprint density at radius 2 is 1.67 bits per heavy atom. The standard InChI is InChI=1S/C21H30O3/c1-2-3-4-5-6-10-13-18(22)17-14-15-19(23)20(17)21(24)16-11-8-7-9-12-16/h7-9,11-12,17,19-20,23H,2-6,10,13-15H2,1H3/t17-,19+,20-/m1/s1. The van der Waals surface area contributed by atoms with Crippen molar-refractivity contribution in [2.45, 2.75) is 70.8 Å². The van der Waals surface area contributed by atoms with Crippen molar-refractivity contribution in [3.8, 4) is 0 Å². The van der Waals surface area contributed by atoms with Crippen LogP contribution in [0.3, 0.4) is 0 Å². The van der Waals surface area contributed by atoms with E-state index in [0.717, 1.165) is 12.8 Å². The molecule has 0 aromatic heterocycles. The molecule has 3 nitrogen and oxygen atoms in total. The summed E-state index contributed by atoms with van der Waals surface area (Å²) in [6.45, 7) is 2.19. The van der Waals surface area contributed by atoms with Crippen molar-refractivity contribution in [2.24, 2.45) is 11.8 Å². The summed E-state index contributed by atoms with van der Waals surface area (Å²) in [7, 11) is 0. The van der Waals surface area contributed by atoms with E-state index in [1.54, 1.807) is 12.1 Å². The molecule has 3 heteroatoms. The monoisotopic (exact) mass is 330 g/mol. The third-order valence-corrected chi connectivity index (χ3v) is 5.17. The highest BCUT2D eigenvalue weighted by atomic mass is 16.3. The lowest BCUT2D eigenvalue weighted by atomic mass is 9.83. The molecule has 24 heavy (non-hydrogen) atoms. The molecule has 0 spiro atoms. The summed E-state index contributed by atoms with van der Waals surface area (Å²) >= 11 is 0. The van der Waals surface area contributed by atoms with E-state index in [2.05, 4.69) is 6.92 Å². The molecular weight excluding hydrogens is 300 g/mol. The second-order valence-corrected chi connectivity index (χ2v) is 6.99. The summed E-state index contributed by atoms with van der Waals surface area (Å²) in [5.41, 5.74) is 0.598. The number of aliphatic hydroxyl groups excluding tert-OH is 1. The molecular formula is C21H30O3. The minimum Gasteiger partial charge on any atom is -0.392 e. The van der Waals surface area contributed by atoms with E-state index >= 15 is 0 Å². The average molecular weight is 330 g/mol. The number of Topliss-reactive ketones (excluding diaryl/α,β-unsaturated/α-hetero) is 2. The molecule has 0 unspecified atom stereocenters. The Kier molecular flexibility index (Phi) is 7.64. The number of hydrogen-bond acceptors (Lipinski definition) is 3. The molecule has 1 aromatic carbocycles. The quantitative estimate of drug-likeness (QED) is 0.505. The van der Waals surface area contributed by atoms with Crippen LogP contribution in [0.4, 0.5) is 0 Å². The van der Waals surface area contributed by atoms with Crippen LogP contribution < -0.4 is 0 Å². The Morgan fingerprint density at radius 1 is 1.00 bits per heavy atom. The van der Waals surface area contributed by atoms with E-state index < -0.39 is 12.0 Å². The van der Waals surface area contributed by atoms with Gasteiger partial charge in [0.1, 0.15) is 5.78 Å². The molecule has 1 saturated carbocycles. The SMILES string of the molecule is CCCCCCCCC(=O)[C@H]1CC[C@H](O)[C@@H]1C(=O)c1ccccc1. The molecule has 1 N–H and O–H groups in total. The number of unbranched alkanes of at least 4 members (excludes halogenated alkanes) is 5. The van der Waals surface area contributed by atoms with Crippen LogP contribution in [0.5, 0.6) is 0 Å². The molecule has 1 aromatic rings. The molecule has 3 atom stereocenters. The van der Waals surface area contributed by atoms with Gasteiger partial charge in [0.05, 0.1) is 12.0 Å². The van der Waals surface area contributed by atoms with E-state index in [9.17, 15) is 14.7 Å². The number of carbonyl (C=O) groups is 2. The normalized spacial score (nSPS) is 23.3. The van der Waals surface area contributed by atoms with Gasteiger partial charge in [0.15, 0.2) is 5.78 Å². The zero-order valence-corrected chi connectivity index (χ0v) is 14.7. The van der Waals surface area contributed by atoms with Gasteiger partial charge in [-0.1, -0.05) is 69.4 Å². The summed E-state index contributed by atoms with van der Waals surface area (Å²) < 4.78 is 0. The molecule has 0 aliphatic heterocycles. The van der Waals surface area contributed by atoms with Crippen molar-refractivity contribution in [3.05, 3.63) is 35.9 Å². The lowest BCUT2D eigenvalue weighted by Gasteiger charge is -2.20. The van der Waals surface area contributed by atoms with Crippen molar-refractivity contribution in [1.82, 2.24) is 0 Å². The van der Waals surface area contributed by atoms with E-state index in [1.165, 1.54) is 25.7 Å². The highest BCUT2D eigenvalue weighted by molar-refractivity contribution is 6.01. The van der Waals surface area contributed by atoms with Crippen LogP contribution >= 0.6 is 0 Å². The van der Waals surface area contributed by atoms with Gasteiger partial charge in [-0.15, -0.1) is 0 Å². The summed E-state index contributed by atoms with van der Waals surface area (Å²) in [4.78, 5) is 25.3. The van der Waals surface area contributed by atoms with Crippen LogP contribution in [0.15, 0.2) is 30.3 Å². The molecule has 2 rings (SSSR count). The van der Waals surface area contributed by atoms with Gasteiger partial charge in [0.2, 0.25) is 0 Å². The number of aliphatic hydroxyl groups is 1. The molecule has 1 aliphatic rings. The average Bonchev–Trinajstić information content (AvgIpc) is 2.99. The number of carbonyl (C=O) groups excluding carboxylic acids is 2. The topological polar surface area (TPSA) is 54.4 Å². The predicted octanol–water partition coefficient (Wildman–Crippen LogP) is 4.58. The Morgan fingerprint density at radius 3 is 2.38 bits per heavy atom. The highest BCUT2D eigenvalue weighted by Gasteiger charge is 2.43. The Labute approximate surface area is 145 Å². The fraction of sp³-hybridized carbons (Fsp3) is 0.619. The maximum Gasteiger partial charge on any atom is 0.169 e. The second kappa shape index (κ2) is 9.73. The Balaban J connectivity index is 1.88. The fourth-order valence-electron chi connectivity index (χ4n) is 3.76. The molecule has 132 valence electrons. The van der Waals surface area contributed by atoms with Gasteiger partial charge in [-0.2, -0.15) is 0 Å². The maximum absolute atomic E-state index is 12.7. The summed E-state index contributed by atoms with van der Waals surface area (Å²) in [5.74, 6) is -0.776. The van der Waals surface area contributed by atoms with Crippen molar-refractivity contribution in [3.63, 3.8) is 0 Å².